The molecule has 6 nitrogen and oxygen atoms in total. The van der Waals surface area contributed by atoms with Gasteiger partial charge in [0.2, 0.25) is 5.91 Å². The Labute approximate surface area is 217 Å². The first-order valence-electron chi connectivity index (χ1n) is 11.9. The number of likely N-dealkylation sites (tertiary alicyclic amines) is 1. The highest BCUT2D eigenvalue weighted by molar-refractivity contribution is 7.99. The third-order valence-electron chi connectivity index (χ3n) is 6.41. The van der Waals surface area contributed by atoms with Crippen molar-refractivity contribution >= 4 is 35.1 Å². The van der Waals surface area contributed by atoms with Crippen molar-refractivity contribution in [3.05, 3.63) is 83.0 Å². The molecule has 0 spiro atoms. The summed E-state index contributed by atoms with van der Waals surface area (Å²) in [5.41, 5.74) is 2.25. The molecule has 0 saturated carbocycles. The maximum absolute atomic E-state index is 12.9. The quantitative estimate of drug-likeness (QED) is 0.253. The average molecular weight is 510 g/mol. The number of anilines is 1. The molecule has 1 atom stereocenters. The molecular formula is C27H32ClN5OS. The monoisotopic (exact) mass is 509 g/mol. The van der Waals surface area contributed by atoms with E-state index in [-0.39, 0.29) is 17.7 Å². The van der Waals surface area contributed by atoms with Gasteiger partial charge in [-0.3, -0.25) is 4.79 Å². The van der Waals surface area contributed by atoms with Gasteiger partial charge in [-0.15, -0.1) is 0 Å². The fraction of sp³-hybridized carbons (Fsp3) is 0.370. The van der Waals surface area contributed by atoms with Crippen molar-refractivity contribution in [1.29, 1.82) is 0 Å². The number of carbonyl (C=O) groups is 1. The Kier molecular flexibility index (Phi) is 9.01. The SMILES string of the molecule is CN1CCC(N(C)c2cc(Cl)nc(SCC(=O)NC(Cc3ccccc3)c3ccccc3)n2)CC1. The second-order valence-electron chi connectivity index (χ2n) is 8.99. The summed E-state index contributed by atoms with van der Waals surface area (Å²) in [6, 6.07) is 22.4. The zero-order valence-corrected chi connectivity index (χ0v) is 21.8. The van der Waals surface area contributed by atoms with Crippen molar-refractivity contribution < 1.29 is 4.79 Å². The van der Waals surface area contributed by atoms with Gasteiger partial charge in [-0.1, -0.05) is 84.0 Å². The number of carbonyl (C=O) groups excluding carboxylic acids is 1. The van der Waals surface area contributed by atoms with E-state index in [2.05, 4.69) is 46.3 Å². The number of rotatable bonds is 9. The Hall–Kier alpha value is -2.61. The first kappa shape index (κ1) is 25.5. The number of hydrogen-bond acceptors (Lipinski definition) is 6. The van der Waals surface area contributed by atoms with Crippen molar-refractivity contribution in [3.8, 4) is 0 Å². The van der Waals surface area contributed by atoms with Crippen LogP contribution in [0.3, 0.4) is 0 Å². The summed E-state index contributed by atoms with van der Waals surface area (Å²) < 4.78 is 0. The van der Waals surface area contributed by atoms with E-state index in [1.807, 2.05) is 48.5 Å². The number of benzene rings is 2. The van der Waals surface area contributed by atoms with Crippen LogP contribution in [0.25, 0.3) is 0 Å². The summed E-state index contributed by atoms with van der Waals surface area (Å²) in [6.45, 7) is 2.14. The zero-order chi connectivity index (χ0) is 24.6. The fourth-order valence-electron chi connectivity index (χ4n) is 4.35. The van der Waals surface area contributed by atoms with E-state index in [1.165, 1.54) is 17.3 Å². The Morgan fingerprint density at radius 1 is 1.11 bits per heavy atom. The Morgan fingerprint density at radius 3 is 2.46 bits per heavy atom. The molecule has 35 heavy (non-hydrogen) atoms. The molecule has 0 aliphatic carbocycles. The van der Waals surface area contributed by atoms with E-state index in [0.29, 0.717) is 16.4 Å². The molecule has 1 amide bonds. The number of nitrogens with zero attached hydrogens (tertiary/aromatic N) is 4. The predicted molar refractivity (Wildman–Crippen MR) is 144 cm³/mol. The van der Waals surface area contributed by atoms with Gasteiger partial charge in [0.25, 0.3) is 0 Å². The predicted octanol–water partition coefficient (Wildman–Crippen LogP) is 4.85. The van der Waals surface area contributed by atoms with Crippen LogP contribution < -0.4 is 10.2 Å². The Balaban J connectivity index is 1.39. The lowest BCUT2D eigenvalue weighted by Crippen LogP contribution is -2.42. The molecule has 184 valence electrons. The number of nitrogens with one attached hydrogen (secondary N) is 1. The molecule has 2 aromatic carbocycles. The van der Waals surface area contributed by atoms with Gasteiger partial charge < -0.3 is 15.1 Å². The fourth-order valence-corrected chi connectivity index (χ4v) is 5.25. The van der Waals surface area contributed by atoms with Crippen LogP contribution >= 0.6 is 23.4 Å². The van der Waals surface area contributed by atoms with Crippen molar-refractivity contribution in [3.63, 3.8) is 0 Å². The molecule has 1 aliphatic heterocycles. The van der Waals surface area contributed by atoms with E-state index < -0.39 is 0 Å². The molecule has 3 aromatic rings. The van der Waals surface area contributed by atoms with Crippen LogP contribution in [-0.2, 0) is 11.2 Å². The van der Waals surface area contributed by atoms with Gasteiger partial charge in [0.1, 0.15) is 11.0 Å². The summed E-state index contributed by atoms with van der Waals surface area (Å²) in [7, 11) is 4.21. The Bertz CT molecular complexity index is 1090. The molecule has 1 saturated heterocycles. The average Bonchev–Trinajstić information content (AvgIpc) is 2.88. The molecule has 0 radical (unpaired) electrons. The van der Waals surface area contributed by atoms with Crippen LogP contribution in [-0.4, -0.2) is 59.8 Å². The standard InChI is InChI=1S/C27H32ClN5OS/c1-32-15-13-22(14-16-32)33(2)25-18-24(28)30-27(31-25)35-19-26(34)29-23(21-11-7-4-8-12-21)17-20-9-5-3-6-10-20/h3-12,18,22-23H,13-17,19H2,1-2H3,(H,29,34). The van der Waals surface area contributed by atoms with Crippen molar-refractivity contribution in [1.82, 2.24) is 20.2 Å². The highest BCUT2D eigenvalue weighted by Crippen LogP contribution is 2.26. The number of halogens is 1. The van der Waals surface area contributed by atoms with Gasteiger partial charge in [-0.05, 0) is 50.5 Å². The summed E-state index contributed by atoms with van der Waals surface area (Å²) in [5, 5.41) is 4.10. The highest BCUT2D eigenvalue weighted by Gasteiger charge is 2.23. The van der Waals surface area contributed by atoms with Crippen molar-refractivity contribution in [2.24, 2.45) is 0 Å². The van der Waals surface area contributed by atoms with Crippen LogP contribution in [0.5, 0.6) is 0 Å². The maximum Gasteiger partial charge on any atom is 0.230 e. The first-order valence-corrected chi connectivity index (χ1v) is 13.3. The Morgan fingerprint density at radius 2 is 1.77 bits per heavy atom. The third kappa shape index (κ3) is 7.43. The van der Waals surface area contributed by atoms with Crippen molar-refractivity contribution in [2.45, 2.75) is 36.5 Å². The van der Waals surface area contributed by atoms with Gasteiger partial charge >= 0.3 is 0 Å². The molecule has 8 heteroatoms. The smallest absolute Gasteiger partial charge is 0.230 e. The summed E-state index contributed by atoms with van der Waals surface area (Å²) in [4.78, 5) is 26.5. The molecule has 2 heterocycles. The van der Waals surface area contributed by atoms with Crippen LogP contribution in [0.1, 0.15) is 30.0 Å². The van der Waals surface area contributed by atoms with Gasteiger partial charge in [0.15, 0.2) is 5.16 Å². The number of aromatic nitrogens is 2. The van der Waals surface area contributed by atoms with Gasteiger partial charge in [-0.2, -0.15) is 0 Å². The van der Waals surface area contributed by atoms with E-state index in [0.717, 1.165) is 43.7 Å². The van der Waals surface area contributed by atoms with Crippen LogP contribution in [0, 0.1) is 0 Å². The van der Waals surface area contributed by atoms with E-state index in [9.17, 15) is 4.79 Å². The minimum Gasteiger partial charge on any atom is -0.356 e. The largest absolute Gasteiger partial charge is 0.356 e. The summed E-state index contributed by atoms with van der Waals surface area (Å²) in [6.07, 6.45) is 2.89. The van der Waals surface area contributed by atoms with Gasteiger partial charge in [0, 0.05) is 19.2 Å². The van der Waals surface area contributed by atoms with Gasteiger partial charge in [-0.25, -0.2) is 9.97 Å². The molecule has 0 bridgehead atoms. The highest BCUT2D eigenvalue weighted by atomic mass is 35.5. The zero-order valence-electron chi connectivity index (χ0n) is 20.2. The van der Waals surface area contributed by atoms with Crippen LogP contribution in [0.15, 0.2) is 71.9 Å². The third-order valence-corrected chi connectivity index (χ3v) is 7.45. The van der Waals surface area contributed by atoms with E-state index >= 15 is 0 Å². The minimum absolute atomic E-state index is 0.0615. The molecule has 1 fully saturated rings. The molecule has 1 aliphatic rings. The molecule has 1 unspecified atom stereocenters. The van der Waals surface area contributed by atoms with Crippen LogP contribution in [0.4, 0.5) is 5.82 Å². The summed E-state index contributed by atoms with van der Waals surface area (Å²) in [5.74, 6) is 0.956. The molecule has 4 rings (SSSR count). The number of thioether (sulfide) groups is 1. The number of amides is 1. The first-order chi connectivity index (χ1) is 17.0. The van der Waals surface area contributed by atoms with Gasteiger partial charge in [0.05, 0.1) is 11.8 Å². The van der Waals surface area contributed by atoms with E-state index in [1.54, 1.807) is 6.07 Å². The normalized spacial score (nSPS) is 15.5. The molecular weight excluding hydrogens is 478 g/mol. The lowest BCUT2D eigenvalue weighted by Gasteiger charge is -2.35. The second-order valence-corrected chi connectivity index (χ2v) is 10.3. The lowest BCUT2D eigenvalue weighted by molar-refractivity contribution is -0.119. The minimum atomic E-state index is -0.113. The topological polar surface area (TPSA) is 61.4 Å². The number of hydrogen-bond donors (Lipinski definition) is 1. The summed E-state index contributed by atoms with van der Waals surface area (Å²) >= 11 is 7.64. The van der Waals surface area contributed by atoms with E-state index in [4.69, 9.17) is 16.6 Å². The molecule has 1 N–H and O–H groups in total. The second kappa shape index (κ2) is 12.4. The molecule has 1 aromatic heterocycles. The number of piperidine rings is 1. The van der Waals surface area contributed by atoms with Crippen LogP contribution in [0.2, 0.25) is 5.15 Å². The maximum atomic E-state index is 12.9. The lowest BCUT2D eigenvalue weighted by atomic mass is 9.99. The van der Waals surface area contributed by atoms with Crippen molar-refractivity contribution in [2.75, 3.05) is 37.8 Å².